The van der Waals surface area contributed by atoms with E-state index in [1.807, 2.05) is 0 Å². The van der Waals surface area contributed by atoms with Crippen LogP contribution in [-0.4, -0.2) is 45.7 Å². The molecule has 2 fully saturated rings. The van der Waals surface area contributed by atoms with E-state index in [1.165, 1.54) is 41.6 Å². The number of carbonyl (C=O) groups is 3. The lowest BCUT2D eigenvalue weighted by Crippen LogP contribution is -2.54. The molecule has 2 aliphatic rings. The molecule has 12 heteroatoms. The Morgan fingerprint density at radius 1 is 1.10 bits per heavy atom. The van der Waals surface area contributed by atoms with Crippen LogP contribution in [-0.2, 0) is 14.4 Å². The molecule has 41 heavy (non-hydrogen) atoms. The van der Waals surface area contributed by atoms with Gasteiger partial charge in [0.1, 0.15) is 11.9 Å². The summed E-state index contributed by atoms with van der Waals surface area (Å²) in [7, 11) is 0. The van der Waals surface area contributed by atoms with Gasteiger partial charge in [-0.05, 0) is 43.2 Å². The van der Waals surface area contributed by atoms with Crippen LogP contribution in [0.15, 0.2) is 67.0 Å². The van der Waals surface area contributed by atoms with Crippen molar-refractivity contribution in [3.8, 4) is 0 Å². The van der Waals surface area contributed by atoms with Crippen molar-refractivity contribution in [2.24, 2.45) is 0 Å². The maximum absolute atomic E-state index is 14.5. The van der Waals surface area contributed by atoms with Gasteiger partial charge in [0.05, 0.1) is 0 Å². The number of aromatic nitrogens is 2. The van der Waals surface area contributed by atoms with Gasteiger partial charge < -0.3 is 5.32 Å². The first-order valence-corrected chi connectivity index (χ1v) is 13.6. The van der Waals surface area contributed by atoms with Crippen molar-refractivity contribution < 1.29 is 27.6 Å². The summed E-state index contributed by atoms with van der Waals surface area (Å²) < 4.78 is 41.6. The van der Waals surface area contributed by atoms with Crippen LogP contribution in [0.1, 0.15) is 50.1 Å². The third-order valence-corrected chi connectivity index (χ3v) is 7.58. The van der Waals surface area contributed by atoms with Crippen molar-refractivity contribution in [2.75, 3.05) is 9.80 Å². The second-order valence-electron chi connectivity index (χ2n) is 10.2. The third kappa shape index (κ3) is 6.35. The number of carbonyl (C=O) groups excluding carboxylic acids is 3. The van der Waals surface area contributed by atoms with Crippen LogP contribution in [0.5, 0.6) is 0 Å². The van der Waals surface area contributed by atoms with Gasteiger partial charge in [-0.1, -0.05) is 35.9 Å². The Kier molecular flexibility index (Phi) is 8.25. The third-order valence-electron chi connectivity index (χ3n) is 7.24. The molecule has 5 rings (SSSR count). The molecule has 1 aromatic heterocycles. The number of piperidine rings is 1. The van der Waals surface area contributed by atoms with Gasteiger partial charge in [0.15, 0.2) is 0 Å². The van der Waals surface area contributed by atoms with Crippen molar-refractivity contribution in [3.05, 3.63) is 83.4 Å². The number of nitrogens with one attached hydrogen (secondary N) is 1. The summed E-state index contributed by atoms with van der Waals surface area (Å²) in [6.07, 6.45) is 2.94. The van der Waals surface area contributed by atoms with Gasteiger partial charge in [0.25, 0.3) is 5.92 Å². The molecule has 1 saturated carbocycles. The minimum Gasteiger partial charge on any atom is -0.351 e. The number of rotatable bonds is 8. The Balaban J connectivity index is 1.53. The van der Waals surface area contributed by atoms with Gasteiger partial charge in [-0.2, -0.15) is 0 Å². The first-order valence-electron chi connectivity index (χ1n) is 13.2. The zero-order chi connectivity index (χ0) is 29.1. The maximum atomic E-state index is 14.5. The predicted octanol–water partition coefficient (Wildman–Crippen LogP) is 5.23. The molecular formula is C29H27ClF3N5O3. The molecule has 3 aromatic rings. The van der Waals surface area contributed by atoms with Gasteiger partial charge in [-0.25, -0.2) is 23.1 Å². The van der Waals surface area contributed by atoms with Crippen molar-refractivity contribution in [1.29, 1.82) is 0 Å². The van der Waals surface area contributed by atoms with Crippen molar-refractivity contribution >= 4 is 41.0 Å². The van der Waals surface area contributed by atoms with Crippen LogP contribution in [0, 0.1) is 5.82 Å². The Bertz CT molecular complexity index is 1440. The molecule has 1 aliphatic carbocycles. The van der Waals surface area contributed by atoms with E-state index in [0.29, 0.717) is 12.8 Å². The molecule has 2 atom stereocenters. The van der Waals surface area contributed by atoms with E-state index in [2.05, 4.69) is 15.3 Å². The largest absolute Gasteiger partial charge is 0.351 e. The first-order chi connectivity index (χ1) is 19.6. The number of hydrogen-bond donors (Lipinski definition) is 1. The zero-order valence-electron chi connectivity index (χ0n) is 21.9. The molecule has 3 amide bonds. The van der Waals surface area contributed by atoms with Crippen LogP contribution in [0.3, 0.4) is 0 Å². The average Bonchev–Trinajstić information content (AvgIpc) is 2.91. The molecule has 1 N–H and O–H groups in total. The molecule has 0 bridgehead atoms. The number of anilines is 2. The van der Waals surface area contributed by atoms with Gasteiger partial charge >= 0.3 is 0 Å². The van der Waals surface area contributed by atoms with Crippen LogP contribution in [0.4, 0.5) is 24.8 Å². The molecule has 0 unspecified atom stereocenters. The van der Waals surface area contributed by atoms with Gasteiger partial charge in [0, 0.05) is 66.4 Å². The van der Waals surface area contributed by atoms with Crippen LogP contribution < -0.4 is 15.1 Å². The summed E-state index contributed by atoms with van der Waals surface area (Å²) >= 11 is 6.49. The number of hydrogen-bond acceptors (Lipinski definition) is 5. The fourth-order valence-electron chi connectivity index (χ4n) is 5.33. The Morgan fingerprint density at radius 2 is 1.83 bits per heavy atom. The Labute approximate surface area is 239 Å². The molecule has 2 heterocycles. The predicted molar refractivity (Wildman–Crippen MR) is 146 cm³/mol. The van der Waals surface area contributed by atoms with E-state index in [0.717, 1.165) is 11.0 Å². The topological polar surface area (TPSA) is 95.5 Å². The highest BCUT2D eigenvalue weighted by Gasteiger charge is 2.47. The molecule has 214 valence electrons. The van der Waals surface area contributed by atoms with E-state index in [4.69, 9.17) is 11.6 Å². The summed E-state index contributed by atoms with van der Waals surface area (Å²) in [6, 6.07) is 10.3. The van der Waals surface area contributed by atoms with Gasteiger partial charge in [0.2, 0.25) is 23.7 Å². The summed E-state index contributed by atoms with van der Waals surface area (Å²) in [5.74, 6) is -4.96. The summed E-state index contributed by atoms with van der Waals surface area (Å²) in [5, 5.41) is 2.77. The lowest BCUT2D eigenvalue weighted by molar-refractivity contribution is -0.133. The zero-order valence-corrected chi connectivity index (χ0v) is 22.6. The van der Waals surface area contributed by atoms with E-state index in [1.54, 1.807) is 24.3 Å². The number of amides is 3. The first kappa shape index (κ1) is 28.5. The highest BCUT2D eigenvalue weighted by Crippen LogP contribution is 2.39. The van der Waals surface area contributed by atoms with Crippen LogP contribution in [0.25, 0.3) is 0 Å². The highest BCUT2D eigenvalue weighted by molar-refractivity contribution is 6.31. The van der Waals surface area contributed by atoms with Crippen LogP contribution >= 0.6 is 11.6 Å². The van der Waals surface area contributed by atoms with Crippen molar-refractivity contribution in [3.63, 3.8) is 0 Å². The molecule has 0 radical (unpaired) electrons. The average molecular weight is 586 g/mol. The Hall–Kier alpha value is -3.99. The Morgan fingerprint density at radius 3 is 2.51 bits per heavy atom. The molecule has 1 saturated heterocycles. The summed E-state index contributed by atoms with van der Waals surface area (Å²) in [6.45, 7) is 0. The van der Waals surface area contributed by atoms with E-state index < -0.39 is 54.5 Å². The normalized spacial score (nSPS) is 19.3. The SMILES string of the molecule is O=C(NC1CC(F)(F)C1)[C@H](c1ccccc1Cl)N(C(=O)C[C@@H]1CCCC(=O)N1c1ncccn1)c1cccc(F)c1. The fraction of sp³-hybridized carbons (Fsp3) is 0.345. The lowest BCUT2D eigenvalue weighted by Gasteiger charge is -2.39. The second kappa shape index (κ2) is 11.9. The smallest absolute Gasteiger partial charge is 0.252 e. The molecule has 8 nitrogen and oxygen atoms in total. The van der Waals surface area contributed by atoms with E-state index in [-0.39, 0.29) is 41.0 Å². The molecular weight excluding hydrogens is 559 g/mol. The molecule has 2 aromatic carbocycles. The van der Waals surface area contributed by atoms with Crippen molar-refractivity contribution in [2.45, 2.75) is 62.6 Å². The van der Waals surface area contributed by atoms with E-state index in [9.17, 15) is 27.6 Å². The van der Waals surface area contributed by atoms with Crippen LogP contribution in [0.2, 0.25) is 5.02 Å². The van der Waals surface area contributed by atoms with E-state index >= 15 is 0 Å². The molecule has 0 spiro atoms. The lowest BCUT2D eigenvalue weighted by atomic mass is 9.87. The van der Waals surface area contributed by atoms with Gasteiger partial charge in [-0.15, -0.1) is 0 Å². The highest BCUT2D eigenvalue weighted by atomic mass is 35.5. The molecule has 1 aliphatic heterocycles. The fourth-order valence-corrected chi connectivity index (χ4v) is 5.57. The van der Waals surface area contributed by atoms with Crippen molar-refractivity contribution in [1.82, 2.24) is 15.3 Å². The monoisotopic (exact) mass is 585 g/mol. The van der Waals surface area contributed by atoms with Gasteiger partial charge in [-0.3, -0.25) is 24.2 Å². The maximum Gasteiger partial charge on any atom is 0.252 e. The number of benzene rings is 2. The summed E-state index contributed by atoms with van der Waals surface area (Å²) in [5.41, 5.74) is 0.303. The standard InChI is InChI=1S/C29H27ClF3N5O3/c30-23-10-2-1-9-22(23)26(27(41)36-19-16-29(32,33)17-19)37(20-7-3-6-18(31)14-20)25(40)15-21-8-4-11-24(39)38(21)28-34-12-5-13-35-28/h1-3,5-7,9-10,12-14,19,21,26H,4,8,11,15-17H2,(H,36,41)/t21-,26-/m0/s1. The minimum absolute atomic E-state index is 0.0682. The number of nitrogens with zero attached hydrogens (tertiary/aromatic N) is 4. The quantitative estimate of drug-likeness (QED) is 0.390. The number of alkyl halides is 2. The minimum atomic E-state index is -2.88. The second-order valence-corrected chi connectivity index (χ2v) is 10.6. The number of halogens is 4. The summed E-state index contributed by atoms with van der Waals surface area (Å²) in [4.78, 5) is 51.7.